The first-order chi connectivity index (χ1) is 9.25. The molecule has 0 unspecified atom stereocenters. The number of piperazine rings is 1. The van der Waals surface area contributed by atoms with E-state index >= 15 is 0 Å². The van der Waals surface area contributed by atoms with Crippen molar-refractivity contribution in [1.82, 2.24) is 10.2 Å². The van der Waals surface area contributed by atoms with Crippen LogP contribution in [0.5, 0.6) is 0 Å². The molecule has 1 saturated carbocycles. The fraction of sp³-hybridized carbons (Fsp3) is 0.600. The molecule has 0 amide bonds. The molecular formula is C15H20F2N2. The lowest BCUT2D eigenvalue weighted by atomic mass is 9.97. The fourth-order valence-electron chi connectivity index (χ4n) is 2.94. The molecule has 3 rings (SSSR count). The van der Waals surface area contributed by atoms with Gasteiger partial charge in [-0.15, -0.1) is 0 Å². The Morgan fingerprint density at radius 1 is 1.16 bits per heavy atom. The van der Waals surface area contributed by atoms with Gasteiger partial charge < -0.3 is 5.32 Å². The Balaban J connectivity index is 1.88. The summed E-state index contributed by atoms with van der Waals surface area (Å²) >= 11 is 0. The summed E-state index contributed by atoms with van der Waals surface area (Å²) in [5.74, 6) is -0.146. The first kappa shape index (κ1) is 13.0. The summed E-state index contributed by atoms with van der Waals surface area (Å²) in [5.41, 5.74) is 0.274. The van der Waals surface area contributed by atoms with Crippen molar-refractivity contribution in [2.45, 2.75) is 25.3 Å². The minimum absolute atomic E-state index is 0.101. The predicted molar refractivity (Wildman–Crippen MR) is 70.9 cm³/mol. The van der Waals surface area contributed by atoms with Gasteiger partial charge in [0.25, 0.3) is 0 Å². The van der Waals surface area contributed by atoms with Gasteiger partial charge in [-0.3, -0.25) is 4.90 Å². The Hall–Kier alpha value is -1.00. The Bertz CT molecular complexity index is 420. The molecule has 0 aromatic heterocycles. The number of halogens is 2. The maximum Gasteiger partial charge on any atom is 0.130 e. The van der Waals surface area contributed by atoms with Crippen LogP contribution in [0.25, 0.3) is 0 Å². The molecule has 2 nitrogen and oxygen atoms in total. The van der Waals surface area contributed by atoms with Gasteiger partial charge in [0.05, 0.1) is 0 Å². The predicted octanol–water partition coefficient (Wildman–Crippen LogP) is 2.71. The van der Waals surface area contributed by atoms with Crippen LogP contribution < -0.4 is 5.32 Å². The minimum atomic E-state index is -0.399. The second-order valence-corrected chi connectivity index (χ2v) is 5.62. The number of nitrogens with zero attached hydrogens (tertiary/aromatic N) is 1. The summed E-state index contributed by atoms with van der Waals surface area (Å²) in [6.07, 6.45) is 3.30. The second-order valence-electron chi connectivity index (χ2n) is 5.62. The van der Waals surface area contributed by atoms with E-state index in [4.69, 9.17) is 0 Å². The van der Waals surface area contributed by atoms with Crippen LogP contribution in [0.3, 0.4) is 0 Å². The normalized spacial score (nSPS) is 22.4. The molecule has 1 aliphatic heterocycles. The van der Waals surface area contributed by atoms with Crippen molar-refractivity contribution in [2.75, 3.05) is 26.2 Å². The van der Waals surface area contributed by atoms with Crippen molar-refractivity contribution in [1.29, 1.82) is 0 Å². The standard InChI is InChI=1S/C15H20F2N2/c16-12-2-1-3-13(17)15(12)14(10-11-4-5-11)19-8-6-18-7-9-19/h1-3,11,14,18H,4-10H2/t14-/m1/s1. The second kappa shape index (κ2) is 5.55. The number of hydrogen-bond donors (Lipinski definition) is 1. The summed E-state index contributed by atoms with van der Waals surface area (Å²) in [4.78, 5) is 2.23. The van der Waals surface area contributed by atoms with Crippen LogP contribution in [0.15, 0.2) is 18.2 Å². The Morgan fingerprint density at radius 2 is 1.79 bits per heavy atom. The van der Waals surface area contributed by atoms with Crippen molar-refractivity contribution in [3.05, 3.63) is 35.4 Å². The molecule has 1 N–H and O–H groups in total. The summed E-state index contributed by atoms with van der Waals surface area (Å²) < 4.78 is 28.1. The Labute approximate surface area is 112 Å². The van der Waals surface area contributed by atoms with Crippen molar-refractivity contribution < 1.29 is 8.78 Å². The Kier molecular flexibility index (Phi) is 3.80. The average molecular weight is 266 g/mol. The zero-order valence-electron chi connectivity index (χ0n) is 11.0. The molecule has 19 heavy (non-hydrogen) atoms. The smallest absolute Gasteiger partial charge is 0.130 e. The molecule has 0 spiro atoms. The van der Waals surface area contributed by atoms with Crippen LogP contribution in [-0.2, 0) is 0 Å². The largest absolute Gasteiger partial charge is 0.314 e. The maximum absolute atomic E-state index is 14.0. The topological polar surface area (TPSA) is 15.3 Å². The van der Waals surface area contributed by atoms with Crippen molar-refractivity contribution in [3.8, 4) is 0 Å². The maximum atomic E-state index is 14.0. The minimum Gasteiger partial charge on any atom is -0.314 e. The average Bonchev–Trinajstić information content (AvgIpc) is 3.22. The number of benzene rings is 1. The first-order valence-corrected chi connectivity index (χ1v) is 7.14. The van der Waals surface area contributed by atoms with Crippen LogP contribution in [0, 0.1) is 17.6 Å². The molecular weight excluding hydrogens is 246 g/mol. The van der Waals surface area contributed by atoms with Crippen LogP contribution in [0.1, 0.15) is 30.9 Å². The van der Waals surface area contributed by atoms with Crippen molar-refractivity contribution >= 4 is 0 Å². The molecule has 2 aliphatic rings. The van der Waals surface area contributed by atoms with E-state index in [1.807, 2.05) is 0 Å². The van der Waals surface area contributed by atoms with Gasteiger partial charge in [-0.05, 0) is 24.5 Å². The van der Waals surface area contributed by atoms with Gasteiger partial charge in [0, 0.05) is 37.8 Å². The molecule has 1 saturated heterocycles. The van der Waals surface area contributed by atoms with Gasteiger partial charge in [-0.25, -0.2) is 8.78 Å². The van der Waals surface area contributed by atoms with E-state index in [1.54, 1.807) is 0 Å². The highest BCUT2D eigenvalue weighted by Crippen LogP contribution is 2.41. The van der Waals surface area contributed by atoms with Gasteiger partial charge in [0.15, 0.2) is 0 Å². The molecule has 2 fully saturated rings. The first-order valence-electron chi connectivity index (χ1n) is 7.14. The zero-order valence-corrected chi connectivity index (χ0v) is 11.0. The van der Waals surface area contributed by atoms with Crippen LogP contribution in [-0.4, -0.2) is 31.1 Å². The SMILES string of the molecule is Fc1cccc(F)c1[C@@H](CC1CC1)N1CCNCC1. The van der Waals surface area contributed by atoms with Gasteiger partial charge in [-0.2, -0.15) is 0 Å². The zero-order chi connectivity index (χ0) is 13.2. The number of nitrogens with one attached hydrogen (secondary N) is 1. The fourth-order valence-corrected chi connectivity index (χ4v) is 2.94. The molecule has 1 aromatic rings. The Morgan fingerprint density at radius 3 is 2.37 bits per heavy atom. The van der Waals surface area contributed by atoms with E-state index in [-0.39, 0.29) is 11.6 Å². The lowest BCUT2D eigenvalue weighted by Gasteiger charge is -2.35. The third-order valence-corrected chi connectivity index (χ3v) is 4.18. The van der Waals surface area contributed by atoms with Gasteiger partial charge in [0.2, 0.25) is 0 Å². The number of hydrogen-bond acceptors (Lipinski definition) is 2. The van der Waals surface area contributed by atoms with Crippen LogP contribution in [0.2, 0.25) is 0 Å². The highest BCUT2D eigenvalue weighted by atomic mass is 19.1. The van der Waals surface area contributed by atoms with E-state index < -0.39 is 11.6 Å². The van der Waals surface area contributed by atoms with E-state index in [1.165, 1.54) is 31.0 Å². The molecule has 104 valence electrons. The summed E-state index contributed by atoms with van der Waals surface area (Å²) in [6, 6.07) is 4.09. The van der Waals surface area contributed by atoms with Crippen LogP contribution >= 0.6 is 0 Å². The van der Waals surface area contributed by atoms with E-state index in [2.05, 4.69) is 10.2 Å². The van der Waals surface area contributed by atoms with Crippen LogP contribution in [0.4, 0.5) is 8.78 Å². The molecule has 0 bridgehead atoms. The van der Waals surface area contributed by atoms with E-state index in [0.717, 1.165) is 32.6 Å². The third-order valence-electron chi connectivity index (χ3n) is 4.18. The van der Waals surface area contributed by atoms with Gasteiger partial charge in [0.1, 0.15) is 11.6 Å². The lowest BCUT2D eigenvalue weighted by molar-refractivity contribution is 0.154. The molecule has 1 aromatic carbocycles. The highest BCUT2D eigenvalue weighted by Gasteiger charge is 2.33. The molecule has 1 aliphatic carbocycles. The summed E-state index contributed by atoms with van der Waals surface area (Å²) in [6.45, 7) is 3.53. The molecule has 1 atom stereocenters. The highest BCUT2D eigenvalue weighted by molar-refractivity contribution is 5.24. The lowest BCUT2D eigenvalue weighted by Crippen LogP contribution is -2.45. The summed E-state index contributed by atoms with van der Waals surface area (Å²) in [7, 11) is 0. The summed E-state index contributed by atoms with van der Waals surface area (Å²) in [5, 5.41) is 3.29. The third kappa shape index (κ3) is 2.95. The van der Waals surface area contributed by atoms with E-state index in [9.17, 15) is 8.78 Å². The number of rotatable bonds is 4. The van der Waals surface area contributed by atoms with Gasteiger partial charge >= 0.3 is 0 Å². The quantitative estimate of drug-likeness (QED) is 0.901. The van der Waals surface area contributed by atoms with Gasteiger partial charge in [-0.1, -0.05) is 18.9 Å². The molecule has 4 heteroatoms. The van der Waals surface area contributed by atoms with Crippen molar-refractivity contribution in [2.24, 2.45) is 5.92 Å². The molecule has 1 heterocycles. The monoisotopic (exact) mass is 266 g/mol. The van der Waals surface area contributed by atoms with Crippen molar-refractivity contribution in [3.63, 3.8) is 0 Å². The molecule has 0 radical (unpaired) electrons. The van der Waals surface area contributed by atoms with E-state index in [0.29, 0.717) is 5.92 Å².